The lowest BCUT2D eigenvalue weighted by Gasteiger charge is -2.08. The normalized spacial score (nSPS) is 9.86. The second-order valence-corrected chi connectivity index (χ2v) is 23.0. The highest BCUT2D eigenvalue weighted by Gasteiger charge is 2.20. The number of hydrogen-bond acceptors (Lipinski definition) is 18. The van der Waals surface area contributed by atoms with Crippen LogP contribution in [0.5, 0.6) is 23.0 Å². The number of carbonyl (C=O) groups excluding carboxylic acids is 5. The molecule has 6 aromatic heterocycles. The molecule has 16 nitrogen and oxygen atoms in total. The smallest absolute Gasteiger partial charge is 0.346 e. The number of aromatic hydroxyl groups is 4. The zero-order valence-corrected chi connectivity index (χ0v) is 50.2. The lowest BCUT2D eigenvalue weighted by molar-refractivity contribution is 0.0699. The van der Waals surface area contributed by atoms with Crippen LogP contribution in [-0.4, -0.2) is 123 Å². The standard InChI is InChI=1S/C10H14N2O2S.C7H8BrNO2S.C7H7BrOS.C7H10N2O2S.2C6H5BrO2S/c1-6(2)11-7-5-15-9(8(7)13)10(14)12(3)4;1-9(2)7(11)6-5(10)4(8)3-12-6;1-4-6(8)3-10-7(4)5(2)9;1-9(2)7(11)6-5(10)4(8)3-12-6;1-3(8)6-5(9)4(7)2-10-6;1-3-4(7)2-10-5(3)6(8)9/h5,13H,1-4H3;3,10H,1-2H3;3H,1-2H3;3,10H,8H2,1-2H3;2,9H,1H3;2H,1H3,(H,8,9). The summed E-state index contributed by atoms with van der Waals surface area (Å²) in [6.45, 7) is 10.4. The summed E-state index contributed by atoms with van der Waals surface area (Å²) < 4.78 is 3.05. The second kappa shape index (κ2) is 29.4. The summed E-state index contributed by atoms with van der Waals surface area (Å²) in [6.07, 6.45) is 0. The van der Waals surface area contributed by atoms with E-state index in [1.807, 2.05) is 26.2 Å². The Morgan fingerprint density at radius 3 is 1.04 bits per heavy atom. The third-order valence-corrected chi connectivity index (χ3v) is 18.2. The van der Waals surface area contributed by atoms with E-state index in [9.17, 15) is 44.1 Å². The predicted octanol–water partition coefficient (Wildman–Crippen LogP) is 12.9. The number of nitrogens with two attached hydrogens (primary N) is 1. The largest absolute Gasteiger partial charge is 0.505 e. The molecule has 0 fully saturated rings. The zero-order chi connectivity index (χ0) is 53.4. The Morgan fingerprint density at radius 2 is 0.797 bits per heavy atom. The topological polar surface area (TPSA) is 252 Å². The fraction of sp³-hybridized carbons (Fsp3) is 0.279. The van der Waals surface area contributed by atoms with Crippen LogP contribution in [-0.2, 0) is 0 Å². The highest BCUT2D eigenvalue weighted by Crippen LogP contribution is 2.38. The first kappa shape index (κ1) is 63.0. The molecule has 6 aromatic rings. The van der Waals surface area contributed by atoms with Crippen LogP contribution in [0.4, 0.5) is 11.4 Å². The van der Waals surface area contributed by atoms with Gasteiger partial charge < -0.3 is 46.0 Å². The fourth-order valence-electron chi connectivity index (χ4n) is 4.35. The molecule has 0 bridgehead atoms. The number of thiophene rings is 6. The molecule has 26 heteroatoms. The first-order valence-corrected chi connectivity index (χ1v) is 27.5. The molecule has 0 aliphatic rings. The molecule has 7 N–H and O–H groups in total. The van der Waals surface area contributed by atoms with Gasteiger partial charge in [-0.15, -0.1) is 68.0 Å². The van der Waals surface area contributed by atoms with E-state index in [0.29, 0.717) is 34.1 Å². The van der Waals surface area contributed by atoms with Gasteiger partial charge in [-0.3, -0.25) is 29.0 Å². The van der Waals surface area contributed by atoms with E-state index in [4.69, 9.17) is 15.9 Å². The fourth-order valence-corrected chi connectivity index (χ4v) is 11.8. The number of amides is 3. The van der Waals surface area contributed by atoms with Crippen molar-refractivity contribution >= 4 is 184 Å². The molecule has 0 aliphatic heterocycles. The van der Waals surface area contributed by atoms with Crippen molar-refractivity contribution in [2.75, 3.05) is 48.0 Å². The molecule has 0 aliphatic carbocycles. The number of halogens is 4. The molecule has 0 aromatic carbocycles. The molecule has 0 atom stereocenters. The number of rotatable bonds is 7. The summed E-state index contributed by atoms with van der Waals surface area (Å²) in [7, 11) is 9.84. The van der Waals surface area contributed by atoms with Crippen molar-refractivity contribution in [3.63, 3.8) is 0 Å². The average Bonchev–Trinajstić information content (AvgIpc) is 4.12. The van der Waals surface area contributed by atoms with Gasteiger partial charge in [-0.2, -0.15) is 0 Å². The van der Waals surface area contributed by atoms with Crippen molar-refractivity contribution in [1.82, 2.24) is 14.7 Å². The van der Waals surface area contributed by atoms with Crippen LogP contribution in [0, 0.1) is 13.8 Å². The molecular formula is C43H49Br4N5O11S6. The Balaban J connectivity index is 0.000000417. The number of Topliss-reactive ketones (excluding diaryl/α,β-unsaturated/α-hetero) is 2. The number of anilines is 1. The minimum absolute atomic E-state index is 0.0266. The number of nitrogens with zero attached hydrogens (tertiary/aromatic N) is 4. The quantitative estimate of drug-likeness (QED) is 0.0645. The number of aliphatic imine (C=N–C) groups is 1. The summed E-state index contributed by atoms with van der Waals surface area (Å²) in [5.74, 6) is -1.48. The zero-order valence-electron chi connectivity index (χ0n) is 39.0. The predicted molar refractivity (Wildman–Crippen MR) is 297 cm³/mol. The first-order chi connectivity index (χ1) is 31.9. The monoisotopic (exact) mass is 1320 g/mol. The maximum absolute atomic E-state index is 11.6. The minimum Gasteiger partial charge on any atom is -0.505 e. The van der Waals surface area contributed by atoms with Gasteiger partial charge in [0.15, 0.2) is 34.6 Å². The number of ketones is 2. The van der Waals surface area contributed by atoms with Crippen molar-refractivity contribution in [2.24, 2.45) is 4.99 Å². The van der Waals surface area contributed by atoms with Gasteiger partial charge in [0.25, 0.3) is 17.7 Å². The molecule has 69 heavy (non-hydrogen) atoms. The van der Waals surface area contributed by atoms with Crippen molar-refractivity contribution < 1.29 is 54.3 Å². The number of carbonyl (C=O) groups is 6. The van der Waals surface area contributed by atoms with Gasteiger partial charge >= 0.3 is 5.97 Å². The van der Waals surface area contributed by atoms with E-state index in [0.717, 1.165) is 42.0 Å². The van der Waals surface area contributed by atoms with Gasteiger partial charge in [-0.25, -0.2) is 4.79 Å². The highest BCUT2D eigenvalue weighted by molar-refractivity contribution is 9.11. The third kappa shape index (κ3) is 18.9. The molecule has 6 rings (SSSR count). The van der Waals surface area contributed by atoms with Crippen LogP contribution >= 0.6 is 132 Å². The SMILES string of the molecule is CC(=O)c1scc(Br)c1C.CC(=O)c1scc(Br)c1O.CC(C)=Nc1csc(C(=O)N(C)C)c1O.CN(C)C(=O)c1scc(Br)c1O.CN(C)C(=O)c1scc(N)c1O.Cc1c(Br)csc1C(=O)O. The third-order valence-electron chi connectivity index (χ3n) is 7.92. The van der Waals surface area contributed by atoms with E-state index in [1.165, 1.54) is 78.3 Å². The molecule has 0 spiro atoms. The molecule has 6 heterocycles. The maximum atomic E-state index is 11.6. The van der Waals surface area contributed by atoms with Gasteiger partial charge in [-0.05, 0) is 109 Å². The van der Waals surface area contributed by atoms with Crippen LogP contribution in [0.25, 0.3) is 0 Å². The number of carboxylic acid groups (broad SMARTS) is 1. The molecule has 0 unspecified atom stereocenters. The van der Waals surface area contributed by atoms with Crippen LogP contribution in [0.1, 0.15) is 96.9 Å². The van der Waals surface area contributed by atoms with Gasteiger partial charge in [0, 0.05) is 96.1 Å². The number of carboxylic acids is 1. The molecule has 376 valence electrons. The average molecular weight is 1320 g/mol. The molecular weight excluding hydrogens is 1270 g/mol. The summed E-state index contributed by atoms with van der Waals surface area (Å²) in [4.78, 5) is 77.3. The lowest BCUT2D eigenvalue weighted by atomic mass is 10.2. The van der Waals surface area contributed by atoms with Crippen LogP contribution in [0.2, 0.25) is 0 Å². The molecule has 0 saturated carbocycles. The Hall–Kier alpha value is -3.99. The number of hydrogen-bond donors (Lipinski definition) is 6. The maximum Gasteiger partial charge on any atom is 0.346 e. The van der Waals surface area contributed by atoms with Crippen molar-refractivity contribution in [3.8, 4) is 23.0 Å². The van der Waals surface area contributed by atoms with E-state index in [1.54, 1.807) is 83.0 Å². The molecule has 3 amide bonds. The summed E-state index contributed by atoms with van der Waals surface area (Å²) >= 11 is 20.3. The first-order valence-electron chi connectivity index (χ1n) is 19.1. The summed E-state index contributed by atoms with van der Waals surface area (Å²) in [5, 5.41) is 56.5. The van der Waals surface area contributed by atoms with Crippen molar-refractivity contribution in [2.45, 2.75) is 41.5 Å². The van der Waals surface area contributed by atoms with E-state index in [-0.39, 0.29) is 62.9 Å². The van der Waals surface area contributed by atoms with E-state index in [2.05, 4.69) is 68.7 Å². The summed E-state index contributed by atoms with van der Waals surface area (Å²) in [6, 6.07) is 0. The van der Waals surface area contributed by atoms with E-state index < -0.39 is 5.97 Å². The Bertz CT molecular complexity index is 2580. The van der Waals surface area contributed by atoms with Gasteiger partial charge in [-0.1, -0.05) is 0 Å². The molecule has 0 saturated heterocycles. The summed E-state index contributed by atoms with van der Waals surface area (Å²) in [5.41, 5.74) is 8.78. The Labute approximate surface area is 456 Å². The van der Waals surface area contributed by atoms with Gasteiger partial charge in [0.05, 0.1) is 19.5 Å². The molecule has 0 radical (unpaired) electrons. The highest BCUT2D eigenvalue weighted by atomic mass is 79.9. The number of aromatic carboxylic acids is 1. The lowest BCUT2D eigenvalue weighted by Crippen LogP contribution is -2.20. The Kier molecular flexibility index (Phi) is 26.8. The van der Waals surface area contributed by atoms with Crippen LogP contribution in [0.15, 0.2) is 55.2 Å². The van der Waals surface area contributed by atoms with Crippen molar-refractivity contribution in [3.05, 3.63) is 90.6 Å². The van der Waals surface area contributed by atoms with Crippen molar-refractivity contribution in [1.29, 1.82) is 0 Å². The van der Waals surface area contributed by atoms with Gasteiger partial charge in [0.1, 0.15) is 30.1 Å². The minimum atomic E-state index is -0.854. The Morgan fingerprint density at radius 1 is 0.478 bits per heavy atom. The van der Waals surface area contributed by atoms with Crippen LogP contribution < -0.4 is 5.73 Å². The van der Waals surface area contributed by atoms with Crippen LogP contribution in [0.3, 0.4) is 0 Å². The van der Waals surface area contributed by atoms with E-state index >= 15 is 0 Å². The second-order valence-electron chi connectivity index (χ2n) is 14.3. The van der Waals surface area contributed by atoms with Gasteiger partial charge in [0.2, 0.25) is 0 Å². The number of nitrogen functional groups attached to an aromatic ring is 1.